The van der Waals surface area contributed by atoms with Gasteiger partial charge in [0, 0.05) is 29.7 Å². The molecule has 3 aromatic rings. The summed E-state index contributed by atoms with van der Waals surface area (Å²) in [5.74, 6) is -0.0103. The summed E-state index contributed by atoms with van der Waals surface area (Å²) >= 11 is 0. The molecule has 0 radical (unpaired) electrons. The molecule has 0 saturated heterocycles. The van der Waals surface area contributed by atoms with Crippen LogP contribution < -0.4 is 4.90 Å². The fourth-order valence-electron chi connectivity index (χ4n) is 3.33. The van der Waals surface area contributed by atoms with Gasteiger partial charge in [0.2, 0.25) is 0 Å². The van der Waals surface area contributed by atoms with E-state index in [1.165, 1.54) is 5.56 Å². The summed E-state index contributed by atoms with van der Waals surface area (Å²) < 4.78 is 1.85. The van der Waals surface area contributed by atoms with E-state index in [2.05, 4.69) is 17.0 Å². The van der Waals surface area contributed by atoms with E-state index >= 15 is 0 Å². The van der Waals surface area contributed by atoms with Crippen LogP contribution in [0.15, 0.2) is 48.8 Å². The molecule has 0 unspecified atom stereocenters. The van der Waals surface area contributed by atoms with Crippen LogP contribution >= 0.6 is 0 Å². The minimum absolute atomic E-state index is 0.0103. The second-order valence-electron chi connectivity index (χ2n) is 6.64. The third-order valence-corrected chi connectivity index (χ3v) is 4.66. The molecule has 0 bridgehead atoms. The lowest BCUT2D eigenvalue weighted by Crippen LogP contribution is -2.42. The van der Waals surface area contributed by atoms with Gasteiger partial charge in [-0.05, 0) is 50.6 Å². The van der Waals surface area contributed by atoms with Gasteiger partial charge in [0.05, 0.1) is 12.2 Å². The van der Waals surface area contributed by atoms with Gasteiger partial charge in [0.1, 0.15) is 5.69 Å². The summed E-state index contributed by atoms with van der Waals surface area (Å²) in [6, 6.07) is 12.1. The monoisotopic (exact) mass is 332 g/mol. The number of amides is 1. The number of carbonyl (C=O) groups excluding carboxylic acids is 1. The third-order valence-electron chi connectivity index (χ3n) is 4.66. The van der Waals surface area contributed by atoms with Crippen LogP contribution in [0.5, 0.6) is 0 Å². The second-order valence-corrected chi connectivity index (χ2v) is 6.64. The van der Waals surface area contributed by atoms with E-state index in [4.69, 9.17) is 0 Å². The largest absolute Gasteiger partial charge is 0.305 e. The van der Waals surface area contributed by atoms with E-state index in [1.807, 2.05) is 59.8 Å². The summed E-state index contributed by atoms with van der Waals surface area (Å²) in [5, 5.41) is 4.49. The molecule has 4 rings (SSSR count). The fraction of sp³-hybridized carbons (Fsp3) is 0.250. The second kappa shape index (κ2) is 5.84. The van der Waals surface area contributed by atoms with Crippen LogP contribution in [0.4, 0.5) is 5.69 Å². The number of aryl methyl sites for hydroxylation is 2. The van der Waals surface area contributed by atoms with Gasteiger partial charge in [-0.3, -0.25) is 14.5 Å². The number of benzene rings is 1. The van der Waals surface area contributed by atoms with Crippen molar-refractivity contribution < 1.29 is 4.79 Å². The zero-order chi connectivity index (χ0) is 17.6. The Morgan fingerprint density at radius 2 is 1.88 bits per heavy atom. The van der Waals surface area contributed by atoms with Crippen molar-refractivity contribution in [3.05, 3.63) is 65.7 Å². The van der Waals surface area contributed by atoms with Crippen molar-refractivity contribution in [3.8, 4) is 11.1 Å². The van der Waals surface area contributed by atoms with Crippen LogP contribution in [0.2, 0.25) is 0 Å². The van der Waals surface area contributed by atoms with Crippen LogP contribution in [-0.2, 0) is 0 Å². The molecule has 1 atom stereocenters. The topological polar surface area (TPSA) is 51.0 Å². The fourth-order valence-corrected chi connectivity index (χ4v) is 3.33. The van der Waals surface area contributed by atoms with Crippen molar-refractivity contribution in [2.75, 3.05) is 11.4 Å². The molecule has 0 fully saturated rings. The third kappa shape index (κ3) is 2.61. The number of anilines is 1. The first kappa shape index (κ1) is 15.6. The summed E-state index contributed by atoms with van der Waals surface area (Å²) in [7, 11) is 0. The highest BCUT2D eigenvalue weighted by atomic mass is 16.2. The molecular weight excluding hydrogens is 312 g/mol. The lowest BCUT2D eigenvalue weighted by molar-refractivity contribution is 0.0954. The van der Waals surface area contributed by atoms with Gasteiger partial charge in [-0.1, -0.05) is 17.7 Å². The minimum Gasteiger partial charge on any atom is -0.305 e. The first-order valence-corrected chi connectivity index (χ1v) is 8.43. The molecule has 0 aliphatic carbocycles. The Bertz CT molecular complexity index is 943. The number of pyridine rings is 1. The van der Waals surface area contributed by atoms with Gasteiger partial charge < -0.3 is 4.90 Å². The SMILES string of the molecule is Cc1ccc(N2C[C@H](C)n3ncc(-c4ccnc(C)c4)c3C2=O)cc1. The highest BCUT2D eigenvalue weighted by Gasteiger charge is 2.33. The number of aromatic nitrogens is 3. The Hall–Kier alpha value is -2.95. The summed E-state index contributed by atoms with van der Waals surface area (Å²) in [4.78, 5) is 19.3. The normalized spacial score (nSPS) is 16.8. The Kier molecular flexibility index (Phi) is 3.64. The number of fused-ring (bicyclic) bond motifs is 1. The Morgan fingerprint density at radius 3 is 2.60 bits per heavy atom. The zero-order valence-corrected chi connectivity index (χ0v) is 14.6. The molecule has 126 valence electrons. The molecule has 5 heteroatoms. The van der Waals surface area contributed by atoms with Gasteiger partial charge in [-0.15, -0.1) is 0 Å². The van der Waals surface area contributed by atoms with E-state index in [1.54, 1.807) is 12.4 Å². The Morgan fingerprint density at radius 1 is 1.12 bits per heavy atom. The standard InChI is InChI=1S/C20H20N4O/c1-13-4-6-17(7-5-13)23-12-15(3)24-19(20(23)25)18(11-22-24)16-8-9-21-14(2)10-16/h4-11,15H,12H2,1-3H3/t15-/m0/s1. The first-order chi connectivity index (χ1) is 12.0. The van der Waals surface area contributed by atoms with Crippen LogP contribution in [0, 0.1) is 13.8 Å². The maximum atomic E-state index is 13.2. The van der Waals surface area contributed by atoms with Gasteiger partial charge in [0.25, 0.3) is 5.91 Å². The smallest absolute Gasteiger partial charge is 0.277 e. The number of hydrogen-bond donors (Lipinski definition) is 0. The zero-order valence-electron chi connectivity index (χ0n) is 14.6. The molecule has 0 spiro atoms. The average Bonchev–Trinajstić information content (AvgIpc) is 3.05. The van der Waals surface area contributed by atoms with Gasteiger partial charge in [-0.2, -0.15) is 5.10 Å². The quantitative estimate of drug-likeness (QED) is 0.717. The molecule has 1 aliphatic rings. The Labute approximate surface area is 146 Å². The van der Waals surface area contributed by atoms with Crippen molar-refractivity contribution in [1.29, 1.82) is 0 Å². The molecule has 0 saturated carbocycles. The van der Waals surface area contributed by atoms with Crippen molar-refractivity contribution in [2.24, 2.45) is 0 Å². The average molecular weight is 332 g/mol. The predicted octanol–water partition coefficient (Wildman–Crippen LogP) is 3.78. The van der Waals surface area contributed by atoms with E-state index < -0.39 is 0 Å². The van der Waals surface area contributed by atoms with Gasteiger partial charge in [-0.25, -0.2) is 0 Å². The molecule has 3 heterocycles. The van der Waals surface area contributed by atoms with Crippen LogP contribution in [-0.4, -0.2) is 27.2 Å². The summed E-state index contributed by atoms with van der Waals surface area (Å²) in [6.45, 7) is 6.70. The minimum atomic E-state index is -0.0103. The number of hydrogen-bond acceptors (Lipinski definition) is 3. The molecular formula is C20H20N4O. The number of carbonyl (C=O) groups is 1. The molecule has 2 aromatic heterocycles. The lowest BCUT2D eigenvalue weighted by Gasteiger charge is -2.32. The highest BCUT2D eigenvalue weighted by molar-refractivity contribution is 6.09. The molecule has 1 aromatic carbocycles. The predicted molar refractivity (Wildman–Crippen MR) is 97.8 cm³/mol. The maximum absolute atomic E-state index is 13.2. The number of nitrogens with zero attached hydrogens (tertiary/aromatic N) is 4. The van der Waals surface area contributed by atoms with Crippen molar-refractivity contribution in [3.63, 3.8) is 0 Å². The summed E-state index contributed by atoms with van der Waals surface area (Å²) in [6.07, 6.45) is 3.56. The van der Waals surface area contributed by atoms with Crippen molar-refractivity contribution >= 4 is 11.6 Å². The maximum Gasteiger partial charge on any atom is 0.277 e. The molecule has 1 amide bonds. The molecule has 5 nitrogen and oxygen atoms in total. The van der Waals surface area contributed by atoms with Crippen molar-refractivity contribution in [1.82, 2.24) is 14.8 Å². The van der Waals surface area contributed by atoms with E-state index in [-0.39, 0.29) is 11.9 Å². The van der Waals surface area contributed by atoms with E-state index in [0.717, 1.165) is 22.5 Å². The van der Waals surface area contributed by atoms with Gasteiger partial charge >= 0.3 is 0 Å². The lowest BCUT2D eigenvalue weighted by atomic mass is 10.0. The van der Waals surface area contributed by atoms with Crippen LogP contribution in [0.25, 0.3) is 11.1 Å². The molecule has 0 N–H and O–H groups in total. The molecule has 25 heavy (non-hydrogen) atoms. The van der Waals surface area contributed by atoms with Crippen molar-refractivity contribution in [2.45, 2.75) is 26.8 Å². The van der Waals surface area contributed by atoms with Gasteiger partial charge in [0.15, 0.2) is 0 Å². The van der Waals surface area contributed by atoms with Crippen LogP contribution in [0.1, 0.15) is 34.7 Å². The first-order valence-electron chi connectivity index (χ1n) is 8.43. The Balaban J connectivity index is 1.81. The van der Waals surface area contributed by atoms with E-state index in [0.29, 0.717) is 12.2 Å². The highest BCUT2D eigenvalue weighted by Crippen LogP contribution is 2.32. The number of rotatable bonds is 2. The van der Waals surface area contributed by atoms with E-state index in [9.17, 15) is 4.79 Å². The van der Waals surface area contributed by atoms with Crippen LogP contribution in [0.3, 0.4) is 0 Å². The summed E-state index contributed by atoms with van der Waals surface area (Å²) in [5.41, 5.74) is 5.50. The molecule has 1 aliphatic heterocycles.